The van der Waals surface area contributed by atoms with Gasteiger partial charge in [-0.15, -0.1) is 0 Å². The first-order valence-electron chi connectivity index (χ1n) is 19.9. The summed E-state index contributed by atoms with van der Waals surface area (Å²) in [6.07, 6.45) is 50.7. The van der Waals surface area contributed by atoms with Crippen LogP contribution in [0, 0.1) is 0 Å². The largest absolute Gasteiger partial charge is 0.309 e. The van der Waals surface area contributed by atoms with Crippen molar-refractivity contribution in [1.82, 2.24) is 15.3 Å². The predicted molar refractivity (Wildman–Crippen MR) is 206 cm³/mol. The average molecular weight is 642 g/mol. The Kier molecular flexibility index (Phi) is 36.4. The highest BCUT2D eigenvalue weighted by Crippen LogP contribution is 2.11. The lowest BCUT2D eigenvalue weighted by atomic mass is 10.1. The van der Waals surface area contributed by atoms with Crippen LogP contribution in [-0.2, 0) is 4.79 Å². The summed E-state index contributed by atoms with van der Waals surface area (Å²) in [6, 6.07) is 0. The molecular formula is C42H79N3O. The van der Waals surface area contributed by atoms with Crippen LogP contribution >= 0.6 is 0 Å². The number of carbonyl (C=O) groups is 1. The van der Waals surface area contributed by atoms with Crippen molar-refractivity contribution < 1.29 is 4.79 Å². The third-order valence-electron chi connectivity index (χ3n) is 8.55. The van der Waals surface area contributed by atoms with Crippen molar-refractivity contribution in [1.29, 1.82) is 0 Å². The molecule has 0 aliphatic carbocycles. The minimum atomic E-state index is 0.182. The molecule has 268 valence electrons. The zero-order valence-electron chi connectivity index (χ0n) is 31.4. The van der Waals surface area contributed by atoms with Gasteiger partial charge in [-0.3, -0.25) is 10.2 Å². The zero-order chi connectivity index (χ0) is 33.6. The molecule has 0 aromatic rings. The van der Waals surface area contributed by atoms with Crippen molar-refractivity contribution in [3.63, 3.8) is 0 Å². The highest BCUT2D eigenvalue weighted by Gasteiger charge is 2.09. The van der Waals surface area contributed by atoms with Crippen LogP contribution in [0.2, 0.25) is 0 Å². The van der Waals surface area contributed by atoms with Crippen LogP contribution in [0.1, 0.15) is 181 Å². The molecule has 0 rings (SSSR count). The van der Waals surface area contributed by atoms with Crippen LogP contribution in [0.15, 0.2) is 48.6 Å². The molecule has 0 unspecified atom stereocenters. The Morgan fingerprint density at radius 2 is 0.826 bits per heavy atom. The smallest absolute Gasteiger partial charge is 0.234 e. The molecule has 0 aliphatic heterocycles. The molecule has 4 heteroatoms. The Bertz CT molecular complexity index is 691. The van der Waals surface area contributed by atoms with Gasteiger partial charge in [0.2, 0.25) is 5.91 Å². The van der Waals surface area contributed by atoms with Gasteiger partial charge in [0.05, 0.1) is 0 Å². The Morgan fingerprint density at radius 3 is 1.22 bits per heavy atom. The first kappa shape index (κ1) is 44.4. The first-order valence-corrected chi connectivity index (χ1v) is 19.9. The third kappa shape index (κ3) is 36.8. The molecule has 4 nitrogen and oxygen atoms in total. The van der Waals surface area contributed by atoms with Crippen molar-refractivity contribution >= 4 is 5.91 Å². The quantitative estimate of drug-likeness (QED) is 0.0425. The molecule has 0 aromatic carbocycles. The van der Waals surface area contributed by atoms with Gasteiger partial charge in [0.1, 0.15) is 0 Å². The number of amides is 1. The molecule has 0 aliphatic rings. The van der Waals surface area contributed by atoms with Gasteiger partial charge in [0, 0.05) is 19.5 Å². The molecule has 0 saturated heterocycles. The van der Waals surface area contributed by atoms with Crippen LogP contribution in [0.25, 0.3) is 0 Å². The highest BCUT2D eigenvalue weighted by atomic mass is 16.2. The van der Waals surface area contributed by atoms with Gasteiger partial charge in [-0.05, 0) is 104 Å². The van der Waals surface area contributed by atoms with Crippen LogP contribution < -0.4 is 5.43 Å². The van der Waals surface area contributed by atoms with E-state index in [0.717, 1.165) is 38.9 Å². The highest BCUT2D eigenvalue weighted by molar-refractivity contribution is 5.75. The van der Waals surface area contributed by atoms with Gasteiger partial charge in [0.25, 0.3) is 0 Å². The number of unbranched alkanes of at least 4 members (excludes halogenated alkanes) is 18. The van der Waals surface area contributed by atoms with E-state index in [2.05, 4.69) is 91.9 Å². The summed E-state index contributed by atoms with van der Waals surface area (Å²) >= 11 is 0. The molecule has 0 heterocycles. The Labute approximate surface area is 288 Å². The fourth-order valence-corrected chi connectivity index (χ4v) is 5.59. The van der Waals surface area contributed by atoms with Gasteiger partial charge in [0.15, 0.2) is 0 Å². The van der Waals surface area contributed by atoms with E-state index in [-0.39, 0.29) is 5.91 Å². The second-order valence-corrected chi connectivity index (χ2v) is 13.6. The number of carbonyl (C=O) groups excluding carboxylic acids is 1. The molecule has 0 spiro atoms. The van der Waals surface area contributed by atoms with Gasteiger partial charge >= 0.3 is 0 Å². The normalized spacial score (nSPS) is 12.4. The maximum absolute atomic E-state index is 12.6. The summed E-state index contributed by atoms with van der Waals surface area (Å²) < 4.78 is 0. The fraction of sp³-hybridized carbons (Fsp3) is 0.786. The number of hydrogen-bond acceptors (Lipinski definition) is 3. The number of nitrogens with zero attached hydrogens (tertiary/aromatic N) is 2. The summed E-state index contributed by atoms with van der Waals surface area (Å²) in [4.78, 5) is 14.7. The SMILES string of the molecule is CCCCC/C=C\C/C=C\CCCCCCCCN(CCCCCCCC/C=C\C/C=C\CCCCC)NC(=O)CCCN(C)C. The lowest BCUT2D eigenvalue weighted by Crippen LogP contribution is -2.43. The van der Waals surface area contributed by atoms with Crippen LogP contribution in [-0.4, -0.2) is 49.5 Å². The van der Waals surface area contributed by atoms with Crippen molar-refractivity contribution in [2.45, 2.75) is 181 Å². The number of allylic oxidation sites excluding steroid dienone is 8. The first-order chi connectivity index (χ1) is 22.6. The monoisotopic (exact) mass is 642 g/mol. The molecule has 1 N–H and O–H groups in total. The van der Waals surface area contributed by atoms with E-state index in [4.69, 9.17) is 0 Å². The van der Waals surface area contributed by atoms with Crippen molar-refractivity contribution in [2.75, 3.05) is 33.7 Å². The minimum Gasteiger partial charge on any atom is -0.309 e. The van der Waals surface area contributed by atoms with E-state index in [1.807, 2.05) is 0 Å². The van der Waals surface area contributed by atoms with Gasteiger partial charge < -0.3 is 4.90 Å². The predicted octanol–water partition coefficient (Wildman–Crippen LogP) is 12.3. The van der Waals surface area contributed by atoms with E-state index in [0.29, 0.717) is 6.42 Å². The van der Waals surface area contributed by atoms with Gasteiger partial charge in [-0.1, -0.05) is 140 Å². The fourth-order valence-electron chi connectivity index (χ4n) is 5.59. The summed E-state index contributed by atoms with van der Waals surface area (Å²) in [7, 11) is 4.14. The molecule has 1 amide bonds. The van der Waals surface area contributed by atoms with Crippen LogP contribution in [0.3, 0.4) is 0 Å². The van der Waals surface area contributed by atoms with Crippen molar-refractivity contribution in [3.8, 4) is 0 Å². The van der Waals surface area contributed by atoms with E-state index in [1.54, 1.807) is 0 Å². The van der Waals surface area contributed by atoms with Crippen molar-refractivity contribution in [3.05, 3.63) is 48.6 Å². The van der Waals surface area contributed by atoms with Gasteiger partial charge in [-0.25, -0.2) is 5.01 Å². The molecule has 0 saturated carbocycles. The van der Waals surface area contributed by atoms with Gasteiger partial charge in [-0.2, -0.15) is 0 Å². The molecule has 0 atom stereocenters. The third-order valence-corrected chi connectivity index (χ3v) is 8.55. The number of rotatable bonds is 35. The summed E-state index contributed by atoms with van der Waals surface area (Å²) in [5.41, 5.74) is 3.25. The maximum Gasteiger partial charge on any atom is 0.234 e. The molecule has 0 fully saturated rings. The molecule has 46 heavy (non-hydrogen) atoms. The molecule has 0 aromatic heterocycles. The zero-order valence-corrected chi connectivity index (χ0v) is 31.4. The summed E-state index contributed by atoms with van der Waals surface area (Å²) in [6.45, 7) is 7.45. The second kappa shape index (κ2) is 37.8. The molecule has 0 bridgehead atoms. The van der Waals surface area contributed by atoms with Crippen LogP contribution in [0.4, 0.5) is 0 Å². The van der Waals surface area contributed by atoms with E-state index < -0.39 is 0 Å². The maximum atomic E-state index is 12.6. The summed E-state index contributed by atoms with van der Waals surface area (Å²) in [5.74, 6) is 0.182. The number of nitrogens with one attached hydrogen (secondary N) is 1. The second-order valence-electron chi connectivity index (χ2n) is 13.6. The Balaban J connectivity index is 4.01. The minimum absolute atomic E-state index is 0.182. The summed E-state index contributed by atoms with van der Waals surface area (Å²) in [5, 5.41) is 2.23. The average Bonchev–Trinajstić information content (AvgIpc) is 3.04. The Hall–Kier alpha value is -1.65. The topological polar surface area (TPSA) is 35.6 Å². The van der Waals surface area contributed by atoms with Crippen molar-refractivity contribution in [2.24, 2.45) is 0 Å². The van der Waals surface area contributed by atoms with Crippen LogP contribution in [0.5, 0.6) is 0 Å². The standard InChI is InChI=1S/C42H79N3O/c1-5-7-9-11-13-15-17-19-21-23-25-27-29-31-33-35-40-45(43-42(46)38-37-39-44(3)4)41-36-34-32-30-28-26-24-22-20-18-16-14-12-10-8-6-2/h13-16,19-22H,5-12,17-18,23-41H2,1-4H3,(H,43,46)/b15-13-,16-14-,21-19-,22-20-. The van der Waals surface area contributed by atoms with E-state index in [1.165, 1.54) is 141 Å². The van der Waals surface area contributed by atoms with E-state index >= 15 is 0 Å². The molecule has 0 radical (unpaired) electrons. The van der Waals surface area contributed by atoms with E-state index in [9.17, 15) is 4.79 Å². The number of hydrogen-bond donors (Lipinski definition) is 1. The lowest BCUT2D eigenvalue weighted by molar-refractivity contribution is -0.126. The lowest BCUT2D eigenvalue weighted by Gasteiger charge is -2.23. The number of hydrazine groups is 1. The molecular weight excluding hydrogens is 562 g/mol. The Morgan fingerprint density at radius 1 is 0.457 bits per heavy atom.